The Bertz CT molecular complexity index is 3710. The Morgan fingerprint density at radius 1 is 0.400 bits per heavy atom. The third kappa shape index (κ3) is 8.90. The van der Waals surface area contributed by atoms with E-state index in [4.69, 9.17) is 15.0 Å². The fourth-order valence-electron chi connectivity index (χ4n) is 13.0. The summed E-state index contributed by atoms with van der Waals surface area (Å²) in [5.41, 5.74) is 26.1. The lowest BCUT2D eigenvalue weighted by Crippen LogP contribution is -2.36. The number of hydrogen-bond acceptors (Lipinski definition) is 4. The van der Waals surface area contributed by atoms with Crippen molar-refractivity contribution in [1.82, 2.24) is 15.0 Å². The molecular formula is C71H59N3O. The van der Waals surface area contributed by atoms with Gasteiger partial charge in [-0.15, -0.1) is 0 Å². The Labute approximate surface area is 441 Å². The van der Waals surface area contributed by atoms with Crippen LogP contribution < -0.4 is 0 Å². The fourth-order valence-corrected chi connectivity index (χ4v) is 13.0. The van der Waals surface area contributed by atoms with Gasteiger partial charge < -0.3 is 0 Å². The average Bonchev–Trinajstić information content (AvgIpc) is 3.47. The SMILES string of the molecule is O=C1c2cc(-c3ccc(CCc4cc(CCc5ccc(-c6ccc7c(c6)CC6CC7C6)nc5)cc(-c5ccccc5-c5cnc(-c6ccccc6)cc5-c5ccc(C6=CCCC=C6)cc5)c4)cn3)ccc2C2CC1C2. The van der Waals surface area contributed by atoms with Gasteiger partial charge in [0.05, 0.1) is 17.1 Å². The molecule has 4 nitrogen and oxygen atoms in total. The van der Waals surface area contributed by atoms with Gasteiger partial charge in [0.15, 0.2) is 5.78 Å². The minimum Gasteiger partial charge on any atom is -0.294 e. The number of ketones is 1. The first-order chi connectivity index (χ1) is 37.0. The maximum atomic E-state index is 13.1. The number of benzene rings is 6. The second-order valence-corrected chi connectivity index (χ2v) is 22.1. The summed E-state index contributed by atoms with van der Waals surface area (Å²) in [6.07, 6.45) is 24.8. The van der Waals surface area contributed by atoms with Crippen molar-refractivity contribution in [1.29, 1.82) is 0 Å². The van der Waals surface area contributed by atoms with Crippen molar-refractivity contribution >= 4 is 11.4 Å². The van der Waals surface area contributed by atoms with Gasteiger partial charge in [-0.1, -0.05) is 152 Å². The second kappa shape index (κ2) is 19.3. The summed E-state index contributed by atoms with van der Waals surface area (Å²) < 4.78 is 0. The smallest absolute Gasteiger partial charge is 0.166 e. The lowest BCUT2D eigenvalue weighted by atomic mass is 9.62. The van der Waals surface area contributed by atoms with Crippen LogP contribution in [0.15, 0.2) is 201 Å². The highest BCUT2D eigenvalue weighted by Gasteiger charge is 2.43. The maximum Gasteiger partial charge on any atom is 0.166 e. The summed E-state index contributed by atoms with van der Waals surface area (Å²) in [5, 5.41) is 0. The van der Waals surface area contributed by atoms with E-state index in [9.17, 15) is 4.79 Å². The van der Waals surface area contributed by atoms with Gasteiger partial charge in [-0.2, -0.15) is 0 Å². The van der Waals surface area contributed by atoms with Crippen molar-refractivity contribution in [2.75, 3.05) is 0 Å². The van der Waals surface area contributed by atoms with Crippen LogP contribution in [0, 0.1) is 11.8 Å². The maximum absolute atomic E-state index is 13.1. The van der Waals surface area contributed by atoms with Crippen molar-refractivity contribution in [2.24, 2.45) is 11.8 Å². The first-order valence-electron chi connectivity index (χ1n) is 27.5. The second-order valence-electron chi connectivity index (χ2n) is 22.1. The van der Waals surface area contributed by atoms with E-state index in [1.807, 2.05) is 6.20 Å². The lowest BCUT2D eigenvalue weighted by Gasteiger charge is -2.42. The molecule has 9 aromatic rings. The Morgan fingerprint density at radius 3 is 1.72 bits per heavy atom. The molecular weight excluding hydrogens is 911 g/mol. The van der Waals surface area contributed by atoms with E-state index in [-0.39, 0.29) is 5.92 Å². The van der Waals surface area contributed by atoms with Crippen LogP contribution in [0.25, 0.3) is 72.7 Å². The summed E-state index contributed by atoms with van der Waals surface area (Å²) in [6.45, 7) is 0. The van der Waals surface area contributed by atoms with Crippen LogP contribution in [0.2, 0.25) is 0 Å². The number of pyridine rings is 3. The van der Waals surface area contributed by atoms with Gasteiger partial charge in [0.25, 0.3) is 0 Å². The molecule has 2 fully saturated rings. The van der Waals surface area contributed by atoms with E-state index in [0.29, 0.717) is 11.7 Å². The highest BCUT2D eigenvalue weighted by Crippen LogP contribution is 2.51. The fraction of sp³-hybridized carbons (Fsp3) is 0.211. The summed E-state index contributed by atoms with van der Waals surface area (Å²) in [4.78, 5) is 28.3. The molecule has 0 amide bonds. The van der Waals surface area contributed by atoms with E-state index in [1.165, 1.54) is 80.5 Å². The molecule has 0 radical (unpaired) electrons. The molecule has 7 aliphatic carbocycles. The van der Waals surface area contributed by atoms with Gasteiger partial charge in [-0.3, -0.25) is 19.7 Å². The number of allylic oxidation sites excluding steroid dienone is 4. The third-order valence-corrected chi connectivity index (χ3v) is 17.3. The molecule has 0 N–H and O–H groups in total. The van der Waals surface area contributed by atoms with Crippen LogP contribution in [0.5, 0.6) is 0 Å². The molecule has 3 aromatic heterocycles. The number of carbonyl (C=O) groups excluding carboxylic acids is 1. The number of hydrogen-bond donors (Lipinski definition) is 0. The van der Waals surface area contributed by atoms with Crippen molar-refractivity contribution in [3.05, 3.63) is 251 Å². The van der Waals surface area contributed by atoms with E-state index in [1.54, 1.807) is 5.56 Å². The molecule has 364 valence electrons. The zero-order valence-corrected chi connectivity index (χ0v) is 42.4. The lowest BCUT2D eigenvalue weighted by molar-refractivity contribution is 0.0792. The van der Waals surface area contributed by atoms with E-state index < -0.39 is 0 Å². The molecule has 0 aliphatic heterocycles. The van der Waals surface area contributed by atoms with Crippen LogP contribution in [-0.4, -0.2) is 20.7 Å². The normalized spacial score (nSPS) is 18.8. The molecule has 0 saturated heterocycles. The summed E-state index contributed by atoms with van der Waals surface area (Å²) in [7, 11) is 0. The van der Waals surface area contributed by atoms with Crippen LogP contribution in [-0.2, 0) is 32.1 Å². The number of aryl methyl sites for hydroxylation is 4. The largest absolute Gasteiger partial charge is 0.294 e. The van der Waals surface area contributed by atoms with E-state index in [0.717, 1.165) is 119 Å². The predicted octanol–water partition coefficient (Wildman–Crippen LogP) is 16.9. The molecule has 0 unspecified atom stereocenters. The first kappa shape index (κ1) is 45.5. The molecule has 3 heterocycles. The van der Waals surface area contributed by atoms with E-state index >= 15 is 0 Å². The van der Waals surface area contributed by atoms with Gasteiger partial charge in [0.1, 0.15) is 0 Å². The Hall–Kier alpha value is -8.08. The summed E-state index contributed by atoms with van der Waals surface area (Å²) in [6, 6.07) is 60.3. The minimum absolute atomic E-state index is 0.214. The Morgan fingerprint density at radius 2 is 1.03 bits per heavy atom. The highest BCUT2D eigenvalue weighted by molar-refractivity contribution is 6.03. The molecule has 4 bridgehead atoms. The van der Waals surface area contributed by atoms with Gasteiger partial charge in [-0.05, 0) is 197 Å². The zero-order chi connectivity index (χ0) is 49.8. The quantitative estimate of drug-likeness (QED) is 0.116. The average molecular weight is 970 g/mol. The molecule has 0 atom stereocenters. The van der Waals surface area contributed by atoms with Crippen LogP contribution in [0.4, 0.5) is 0 Å². The molecule has 7 aliphatic rings. The van der Waals surface area contributed by atoms with Gasteiger partial charge in [0, 0.05) is 52.3 Å². The highest BCUT2D eigenvalue weighted by atomic mass is 16.1. The minimum atomic E-state index is 0.214. The van der Waals surface area contributed by atoms with Crippen molar-refractivity contribution in [3.8, 4) is 67.2 Å². The summed E-state index contributed by atoms with van der Waals surface area (Å²) in [5.74, 6) is 2.72. The molecule has 4 heteroatoms. The van der Waals surface area contributed by atoms with Crippen LogP contribution in [0.1, 0.15) is 105 Å². The summed E-state index contributed by atoms with van der Waals surface area (Å²) >= 11 is 0. The zero-order valence-electron chi connectivity index (χ0n) is 42.4. The van der Waals surface area contributed by atoms with Crippen molar-refractivity contribution < 1.29 is 4.79 Å². The Kier molecular flexibility index (Phi) is 11.7. The van der Waals surface area contributed by atoms with Gasteiger partial charge >= 0.3 is 0 Å². The number of nitrogens with zero attached hydrogens (tertiary/aromatic N) is 3. The number of Topliss-reactive ketones (excluding diaryl/α,β-unsaturated/α-hetero) is 1. The monoisotopic (exact) mass is 969 g/mol. The van der Waals surface area contributed by atoms with E-state index in [2.05, 4.69) is 194 Å². The number of rotatable bonds is 13. The molecule has 16 rings (SSSR count). The third-order valence-electron chi connectivity index (χ3n) is 17.3. The van der Waals surface area contributed by atoms with Gasteiger partial charge in [0.2, 0.25) is 0 Å². The standard InChI is InChI=1S/C71H59N3O/c75-71-60-38-59(39-60)63-28-26-55(40-66(63)71)69-30-20-46(43-73-69)16-18-48-31-47(17-15-45-19-29-68(72-42-45)54-25-27-61-56-34-49(35-56)36-58(61)37-54)32-57(33-48)62-13-7-8-14-64(62)67-44-74-70(53-11-5-2-6-12-53)41-65(67)52-23-21-51(22-24-52)50-9-3-1-4-10-50/h2-3,5-14,19-33,37,40-44,49,56,59-60H,1,4,15-18,34-36,38-39H2. The predicted molar refractivity (Wildman–Crippen MR) is 305 cm³/mol. The van der Waals surface area contributed by atoms with Gasteiger partial charge in [-0.25, -0.2) is 0 Å². The topological polar surface area (TPSA) is 55.7 Å². The van der Waals surface area contributed by atoms with Crippen molar-refractivity contribution in [2.45, 2.75) is 82.5 Å². The van der Waals surface area contributed by atoms with Crippen LogP contribution >= 0.6 is 0 Å². The van der Waals surface area contributed by atoms with Crippen molar-refractivity contribution in [3.63, 3.8) is 0 Å². The molecule has 75 heavy (non-hydrogen) atoms. The number of carbonyl (C=O) groups is 1. The molecule has 2 saturated carbocycles. The van der Waals surface area contributed by atoms with Crippen LogP contribution in [0.3, 0.4) is 0 Å². The molecule has 6 aromatic carbocycles. The first-order valence-corrected chi connectivity index (χ1v) is 27.5. The Balaban J connectivity index is 0.784. The number of aromatic nitrogens is 3. The molecule has 0 spiro atoms.